The molecule has 0 bridgehead atoms. The van der Waals surface area contributed by atoms with Crippen LogP contribution in [0, 0.1) is 6.92 Å². The lowest BCUT2D eigenvalue weighted by molar-refractivity contribution is -0.130. The zero-order chi connectivity index (χ0) is 17.3. The zero-order valence-corrected chi connectivity index (χ0v) is 14.8. The number of amides is 1. The number of carbonyl (C=O) groups is 1. The SMILES string of the molecule is Cc1cn(C)c(C2CCN(C(=O)CCc3nc(C(C)C)no3)C2)n1. The van der Waals surface area contributed by atoms with Crippen LogP contribution in [-0.4, -0.2) is 43.6 Å². The molecule has 1 atom stereocenters. The van der Waals surface area contributed by atoms with Crippen LogP contribution in [0.25, 0.3) is 0 Å². The smallest absolute Gasteiger partial charge is 0.227 e. The Bertz CT molecular complexity index is 718. The molecule has 0 N–H and O–H groups in total. The normalized spacial score (nSPS) is 17.9. The van der Waals surface area contributed by atoms with Crippen LogP contribution >= 0.6 is 0 Å². The molecule has 1 unspecified atom stereocenters. The number of carbonyl (C=O) groups excluding carboxylic acids is 1. The van der Waals surface area contributed by atoms with Gasteiger partial charge >= 0.3 is 0 Å². The van der Waals surface area contributed by atoms with E-state index in [9.17, 15) is 4.79 Å². The summed E-state index contributed by atoms with van der Waals surface area (Å²) in [6, 6.07) is 0. The van der Waals surface area contributed by atoms with Gasteiger partial charge in [0.05, 0.1) is 5.69 Å². The minimum absolute atomic E-state index is 0.146. The Hall–Kier alpha value is -2.18. The Balaban J connectivity index is 1.53. The maximum absolute atomic E-state index is 12.4. The van der Waals surface area contributed by atoms with Crippen molar-refractivity contribution in [1.82, 2.24) is 24.6 Å². The van der Waals surface area contributed by atoms with Gasteiger partial charge < -0.3 is 14.0 Å². The molecule has 7 nitrogen and oxygen atoms in total. The van der Waals surface area contributed by atoms with Gasteiger partial charge in [-0.3, -0.25) is 4.79 Å². The fourth-order valence-corrected chi connectivity index (χ4v) is 3.19. The first kappa shape index (κ1) is 16.7. The second-order valence-corrected chi connectivity index (χ2v) is 6.88. The third kappa shape index (κ3) is 3.49. The molecule has 0 radical (unpaired) electrons. The van der Waals surface area contributed by atoms with Gasteiger partial charge in [0, 0.05) is 51.0 Å². The average molecular weight is 331 g/mol. The largest absolute Gasteiger partial charge is 0.342 e. The average Bonchev–Trinajstić information content (AvgIpc) is 3.24. The van der Waals surface area contributed by atoms with Crippen molar-refractivity contribution in [2.24, 2.45) is 7.05 Å². The first-order valence-electron chi connectivity index (χ1n) is 8.54. The molecule has 1 aliphatic rings. The van der Waals surface area contributed by atoms with E-state index in [1.54, 1.807) is 0 Å². The number of rotatable bonds is 5. The van der Waals surface area contributed by atoms with Gasteiger partial charge in [0.2, 0.25) is 11.8 Å². The van der Waals surface area contributed by atoms with Crippen molar-refractivity contribution in [3.63, 3.8) is 0 Å². The lowest BCUT2D eigenvalue weighted by Crippen LogP contribution is -2.28. The van der Waals surface area contributed by atoms with Crippen LogP contribution in [0.15, 0.2) is 10.7 Å². The predicted octanol–water partition coefficient (Wildman–Crippen LogP) is 2.18. The van der Waals surface area contributed by atoms with Gasteiger partial charge in [0.15, 0.2) is 5.82 Å². The predicted molar refractivity (Wildman–Crippen MR) is 88.6 cm³/mol. The van der Waals surface area contributed by atoms with Crippen molar-refractivity contribution in [3.8, 4) is 0 Å². The molecule has 1 fully saturated rings. The highest BCUT2D eigenvalue weighted by Crippen LogP contribution is 2.26. The van der Waals surface area contributed by atoms with Crippen molar-refractivity contribution in [3.05, 3.63) is 29.4 Å². The van der Waals surface area contributed by atoms with Crippen LogP contribution in [-0.2, 0) is 18.3 Å². The quantitative estimate of drug-likeness (QED) is 0.839. The van der Waals surface area contributed by atoms with E-state index < -0.39 is 0 Å². The third-order valence-electron chi connectivity index (χ3n) is 4.49. The maximum Gasteiger partial charge on any atom is 0.227 e. The Kier molecular flexibility index (Phi) is 4.69. The highest BCUT2D eigenvalue weighted by molar-refractivity contribution is 5.76. The van der Waals surface area contributed by atoms with E-state index in [1.807, 2.05) is 38.9 Å². The fourth-order valence-electron chi connectivity index (χ4n) is 3.19. The van der Waals surface area contributed by atoms with Gasteiger partial charge in [-0.05, 0) is 13.3 Å². The highest BCUT2D eigenvalue weighted by atomic mass is 16.5. The van der Waals surface area contributed by atoms with Gasteiger partial charge in [-0.15, -0.1) is 0 Å². The van der Waals surface area contributed by atoms with Crippen molar-refractivity contribution in [2.45, 2.75) is 51.9 Å². The summed E-state index contributed by atoms with van der Waals surface area (Å²) in [5, 5.41) is 3.93. The molecular weight excluding hydrogens is 306 g/mol. The summed E-state index contributed by atoms with van der Waals surface area (Å²) in [5.41, 5.74) is 1.02. The molecule has 3 heterocycles. The minimum atomic E-state index is 0.146. The lowest BCUT2D eigenvalue weighted by atomic mass is 10.1. The van der Waals surface area contributed by atoms with Gasteiger partial charge in [-0.1, -0.05) is 19.0 Å². The number of hydrogen-bond donors (Lipinski definition) is 0. The summed E-state index contributed by atoms with van der Waals surface area (Å²) >= 11 is 0. The van der Waals surface area contributed by atoms with Gasteiger partial charge in [-0.25, -0.2) is 4.98 Å². The molecule has 1 amide bonds. The van der Waals surface area contributed by atoms with Crippen molar-refractivity contribution in [2.75, 3.05) is 13.1 Å². The van der Waals surface area contributed by atoms with Crippen LogP contribution < -0.4 is 0 Å². The van der Waals surface area contributed by atoms with E-state index in [0.717, 1.165) is 31.0 Å². The summed E-state index contributed by atoms with van der Waals surface area (Å²) in [6.07, 6.45) is 3.91. The topological polar surface area (TPSA) is 77.0 Å². The van der Waals surface area contributed by atoms with Crippen LogP contribution in [0.3, 0.4) is 0 Å². The highest BCUT2D eigenvalue weighted by Gasteiger charge is 2.29. The number of hydrogen-bond acceptors (Lipinski definition) is 5. The van der Waals surface area contributed by atoms with Gasteiger partial charge in [0.1, 0.15) is 5.82 Å². The molecule has 2 aromatic rings. The van der Waals surface area contributed by atoms with Crippen molar-refractivity contribution >= 4 is 5.91 Å². The molecule has 0 aliphatic carbocycles. The number of aromatic nitrogens is 4. The molecular formula is C17H25N5O2. The van der Waals surface area contributed by atoms with Crippen LogP contribution in [0.4, 0.5) is 0 Å². The van der Waals surface area contributed by atoms with E-state index >= 15 is 0 Å². The second kappa shape index (κ2) is 6.75. The standard InChI is InChI=1S/C17H25N5O2/c1-11(2)16-19-14(24-20-16)5-6-15(23)22-8-7-13(10-22)17-18-12(3)9-21(17)4/h9,11,13H,5-8,10H2,1-4H3. The monoisotopic (exact) mass is 331 g/mol. The van der Waals surface area contributed by atoms with Crippen LogP contribution in [0.2, 0.25) is 0 Å². The molecule has 0 aromatic carbocycles. The number of likely N-dealkylation sites (tertiary alicyclic amines) is 1. The van der Waals surface area contributed by atoms with E-state index in [1.165, 1.54) is 0 Å². The van der Waals surface area contributed by atoms with Crippen LogP contribution in [0.1, 0.15) is 61.8 Å². The first-order valence-corrected chi connectivity index (χ1v) is 8.54. The Morgan fingerprint density at radius 1 is 1.42 bits per heavy atom. The molecule has 3 rings (SSSR count). The molecule has 0 saturated carbocycles. The van der Waals surface area contributed by atoms with Gasteiger partial charge in [0.25, 0.3) is 0 Å². The van der Waals surface area contributed by atoms with E-state index in [-0.39, 0.29) is 11.8 Å². The van der Waals surface area contributed by atoms with E-state index in [2.05, 4.69) is 19.7 Å². The Labute approximate surface area is 142 Å². The summed E-state index contributed by atoms with van der Waals surface area (Å²) in [5.74, 6) is 3.02. The molecule has 130 valence electrons. The summed E-state index contributed by atoms with van der Waals surface area (Å²) in [6.45, 7) is 7.56. The third-order valence-corrected chi connectivity index (χ3v) is 4.49. The van der Waals surface area contributed by atoms with E-state index in [4.69, 9.17) is 4.52 Å². The first-order chi connectivity index (χ1) is 11.4. The van der Waals surface area contributed by atoms with E-state index in [0.29, 0.717) is 30.5 Å². The minimum Gasteiger partial charge on any atom is -0.342 e. The van der Waals surface area contributed by atoms with Gasteiger partial charge in [-0.2, -0.15) is 4.98 Å². The molecule has 1 aliphatic heterocycles. The molecule has 24 heavy (non-hydrogen) atoms. The number of nitrogens with zero attached hydrogens (tertiary/aromatic N) is 5. The van der Waals surface area contributed by atoms with Crippen molar-refractivity contribution in [1.29, 1.82) is 0 Å². The second-order valence-electron chi connectivity index (χ2n) is 6.88. The van der Waals surface area contributed by atoms with Crippen molar-refractivity contribution < 1.29 is 9.32 Å². The Morgan fingerprint density at radius 3 is 2.83 bits per heavy atom. The zero-order valence-electron chi connectivity index (χ0n) is 14.8. The number of aryl methyl sites for hydroxylation is 3. The van der Waals surface area contributed by atoms with Crippen LogP contribution in [0.5, 0.6) is 0 Å². The molecule has 0 spiro atoms. The summed E-state index contributed by atoms with van der Waals surface area (Å²) < 4.78 is 7.27. The summed E-state index contributed by atoms with van der Waals surface area (Å²) in [7, 11) is 2.02. The molecule has 2 aromatic heterocycles. The Morgan fingerprint density at radius 2 is 2.21 bits per heavy atom. The summed E-state index contributed by atoms with van der Waals surface area (Å²) in [4.78, 5) is 23.3. The molecule has 1 saturated heterocycles. The number of imidazole rings is 1. The fraction of sp³-hybridized carbons (Fsp3) is 0.647. The maximum atomic E-state index is 12.4. The molecule has 7 heteroatoms. The lowest BCUT2D eigenvalue weighted by Gasteiger charge is -2.16.